The molecular weight excluding hydrogens is 321 g/mol. The molecule has 0 aliphatic carbocycles. The molecule has 0 fully saturated rings. The maximum absolute atomic E-state index is 10.7. The van der Waals surface area contributed by atoms with Crippen molar-refractivity contribution in [1.29, 1.82) is 0 Å². The smallest absolute Gasteiger partial charge is 0.216 e. The van der Waals surface area contributed by atoms with Crippen LogP contribution in [0.25, 0.3) is 0 Å². The highest BCUT2D eigenvalue weighted by Crippen LogP contribution is 2.27. The van der Waals surface area contributed by atoms with Gasteiger partial charge >= 0.3 is 0 Å². The SMILES string of the molecule is CC(=O)NCCC(O)C(O)c1ccc(Br)c(Cl)c1. The van der Waals surface area contributed by atoms with E-state index < -0.39 is 12.2 Å². The summed E-state index contributed by atoms with van der Waals surface area (Å²) < 4.78 is 0.729. The fourth-order valence-corrected chi connectivity index (χ4v) is 1.91. The Morgan fingerprint density at radius 2 is 2.17 bits per heavy atom. The molecule has 4 nitrogen and oxygen atoms in total. The van der Waals surface area contributed by atoms with Gasteiger partial charge in [-0.2, -0.15) is 0 Å². The normalized spacial score (nSPS) is 14.1. The number of aliphatic hydroxyl groups is 2. The molecule has 0 saturated heterocycles. The van der Waals surface area contributed by atoms with E-state index in [9.17, 15) is 15.0 Å². The molecule has 1 aromatic rings. The van der Waals surface area contributed by atoms with Crippen molar-refractivity contribution < 1.29 is 15.0 Å². The number of carbonyl (C=O) groups is 1. The minimum atomic E-state index is -1.02. The average molecular weight is 337 g/mol. The fourth-order valence-electron chi connectivity index (χ4n) is 1.47. The van der Waals surface area contributed by atoms with Crippen molar-refractivity contribution >= 4 is 33.4 Å². The molecule has 1 amide bonds. The summed E-state index contributed by atoms with van der Waals surface area (Å²) in [6.07, 6.45) is -1.70. The second-order valence-corrected chi connectivity index (χ2v) is 5.22. The van der Waals surface area contributed by atoms with Crippen LogP contribution < -0.4 is 5.32 Å². The molecule has 0 aromatic heterocycles. The van der Waals surface area contributed by atoms with Crippen LogP contribution in [0.3, 0.4) is 0 Å². The summed E-state index contributed by atoms with van der Waals surface area (Å²) in [6.45, 7) is 1.72. The predicted octanol–water partition coefficient (Wildman–Crippen LogP) is 2.02. The van der Waals surface area contributed by atoms with Gasteiger partial charge in [0.25, 0.3) is 0 Å². The Balaban J connectivity index is 2.59. The first-order valence-corrected chi connectivity index (χ1v) is 6.64. The van der Waals surface area contributed by atoms with Gasteiger partial charge in [0, 0.05) is 17.9 Å². The Kier molecular flexibility index (Phi) is 6.08. The Morgan fingerprint density at radius 1 is 1.50 bits per heavy atom. The number of halogens is 2. The third kappa shape index (κ3) is 4.57. The van der Waals surface area contributed by atoms with Crippen molar-refractivity contribution in [2.75, 3.05) is 6.54 Å². The minimum absolute atomic E-state index is 0.164. The van der Waals surface area contributed by atoms with Gasteiger partial charge in [-0.3, -0.25) is 4.79 Å². The summed E-state index contributed by atoms with van der Waals surface area (Å²) in [4.78, 5) is 10.7. The second kappa shape index (κ2) is 7.09. The van der Waals surface area contributed by atoms with Crippen molar-refractivity contribution in [2.45, 2.75) is 25.6 Å². The first kappa shape index (κ1) is 15.4. The number of aliphatic hydroxyl groups excluding tert-OH is 2. The summed E-state index contributed by atoms with van der Waals surface area (Å²) in [5, 5.41) is 22.8. The van der Waals surface area contributed by atoms with Crippen LogP contribution in [0.5, 0.6) is 0 Å². The van der Waals surface area contributed by atoms with Gasteiger partial charge in [0.1, 0.15) is 6.10 Å². The van der Waals surface area contributed by atoms with E-state index in [4.69, 9.17) is 11.6 Å². The maximum atomic E-state index is 10.7. The third-order valence-electron chi connectivity index (χ3n) is 2.46. The minimum Gasteiger partial charge on any atom is -0.390 e. The molecule has 2 unspecified atom stereocenters. The number of rotatable bonds is 5. The molecule has 0 heterocycles. The van der Waals surface area contributed by atoms with Crippen LogP contribution in [0.4, 0.5) is 0 Å². The van der Waals surface area contributed by atoms with Gasteiger partial charge in [-0.05, 0) is 40.0 Å². The van der Waals surface area contributed by atoms with E-state index in [0.29, 0.717) is 17.1 Å². The third-order valence-corrected chi connectivity index (χ3v) is 3.70. The van der Waals surface area contributed by atoms with E-state index in [-0.39, 0.29) is 12.3 Å². The molecule has 0 spiro atoms. The highest BCUT2D eigenvalue weighted by Gasteiger charge is 2.18. The van der Waals surface area contributed by atoms with Crippen LogP contribution in [0.2, 0.25) is 5.02 Å². The highest BCUT2D eigenvalue weighted by atomic mass is 79.9. The van der Waals surface area contributed by atoms with Crippen LogP contribution >= 0.6 is 27.5 Å². The molecule has 1 rings (SSSR count). The van der Waals surface area contributed by atoms with Crippen LogP contribution in [0.1, 0.15) is 25.0 Å². The number of benzene rings is 1. The van der Waals surface area contributed by atoms with E-state index in [2.05, 4.69) is 21.2 Å². The van der Waals surface area contributed by atoms with Crippen LogP contribution in [0, 0.1) is 0 Å². The van der Waals surface area contributed by atoms with Crippen LogP contribution in [-0.2, 0) is 4.79 Å². The second-order valence-electron chi connectivity index (χ2n) is 3.96. The molecule has 0 saturated carbocycles. The Bertz CT molecular complexity index is 428. The molecular formula is C12H15BrClNO3. The first-order valence-electron chi connectivity index (χ1n) is 5.47. The van der Waals surface area contributed by atoms with E-state index in [0.717, 1.165) is 4.47 Å². The van der Waals surface area contributed by atoms with Gasteiger partial charge in [0.05, 0.1) is 11.1 Å². The summed E-state index contributed by atoms with van der Waals surface area (Å²) in [6, 6.07) is 4.99. The van der Waals surface area contributed by atoms with Crippen molar-refractivity contribution in [1.82, 2.24) is 5.32 Å². The van der Waals surface area contributed by atoms with Gasteiger partial charge in [-0.15, -0.1) is 0 Å². The lowest BCUT2D eigenvalue weighted by molar-refractivity contribution is -0.119. The average Bonchev–Trinajstić information content (AvgIpc) is 2.31. The number of hydrogen-bond donors (Lipinski definition) is 3. The molecule has 2 atom stereocenters. The predicted molar refractivity (Wildman–Crippen MR) is 73.4 cm³/mol. The van der Waals surface area contributed by atoms with Crippen molar-refractivity contribution in [3.8, 4) is 0 Å². The summed E-state index contributed by atoms with van der Waals surface area (Å²) in [5.74, 6) is -0.164. The quantitative estimate of drug-likeness (QED) is 0.770. The lowest BCUT2D eigenvalue weighted by Crippen LogP contribution is -2.27. The Labute approximate surface area is 119 Å². The van der Waals surface area contributed by atoms with E-state index in [1.165, 1.54) is 6.92 Å². The van der Waals surface area contributed by atoms with E-state index in [1.807, 2.05) is 0 Å². The number of amides is 1. The fraction of sp³-hybridized carbons (Fsp3) is 0.417. The number of hydrogen-bond acceptors (Lipinski definition) is 3. The van der Waals surface area contributed by atoms with Gasteiger partial charge in [-0.25, -0.2) is 0 Å². The Hall–Kier alpha value is -0.620. The van der Waals surface area contributed by atoms with Gasteiger partial charge < -0.3 is 15.5 Å². The number of carbonyl (C=O) groups excluding carboxylic acids is 1. The summed E-state index contributed by atoms with van der Waals surface area (Å²) >= 11 is 9.16. The molecule has 0 aliphatic rings. The van der Waals surface area contributed by atoms with Crippen molar-refractivity contribution in [3.05, 3.63) is 33.3 Å². The Morgan fingerprint density at radius 3 is 2.72 bits per heavy atom. The molecule has 18 heavy (non-hydrogen) atoms. The van der Waals surface area contributed by atoms with Crippen LogP contribution in [0.15, 0.2) is 22.7 Å². The molecule has 6 heteroatoms. The van der Waals surface area contributed by atoms with Gasteiger partial charge in [0.15, 0.2) is 0 Å². The molecule has 0 aliphatic heterocycles. The molecule has 0 bridgehead atoms. The lowest BCUT2D eigenvalue weighted by Gasteiger charge is -2.18. The highest BCUT2D eigenvalue weighted by molar-refractivity contribution is 9.10. The monoisotopic (exact) mass is 335 g/mol. The van der Waals surface area contributed by atoms with E-state index in [1.54, 1.807) is 18.2 Å². The molecule has 100 valence electrons. The van der Waals surface area contributed by atoms with Crippen molar-refractivity contribution in [3.63, 3.8) is 0 Å². The van der Waals surface area contributed by atoms with E-state index >= 15 is 0 Å². The molecule has 3 N–H and O–H groups in total. The number of nitrogens with one attached hydrogen (secondary N) is 1. The zero-order chi connectivity index (χ0) is 13.7. The lowest BCUT2D eigenvalue weighted by atomic mass is 10.0. The summed E-state index contributed by atoms with van der Waals surface area (Å²) in [7, 11) is 0. The first-order chi connectivity index (χ1) is 8.41. The van der Waals surface area contributed by atoms with Crippen molar-refractivity contribution in [2.24, 2.45) is 0 Å². The zero-order valence-corrected chi connectivity index (χ0v) is 12.2. The standard InChI is InChI=1S/C12H15BrClNO3/c1-7(16)15-5-4-11(17)12(18)8-2-3-9(13)10(14)6-8/h2-3,6,11-12,17-18H,4-5H2,1H3,(H,15,16). The topological polar surface area (TPSA) is 69.6 Å². The largest absolute Gasteiger partial charge is 0.390 e. The van der Waals surface area contributed by atoms with Gasteiger partial charge in [-0.1, -0.05) is 17.7 Å². The zero-order valence-electron chi connectivity index (χ0n) is 9.86. The molecule has 0 radical (unpaired) electrons. The van der Waals surface area contributed by atoms with Crippen LogP contribution in [-0.4, -0.2) is 28.8 Å². The summed E-state index contributed by atoms with van der Waals surface area (Å²) in [5.41, 5.74) is 0.540. The van der Waals surface area contributed by atoms with Gasteiger partial charge in [0.2, 0.25) is 5.91 Å². The maximum Gasteiger partial charge on any atom is 0.216 e. The molecule has 1 aromatic carbocycles.